The molecular weight excluding hydrogens is 412 g/mol. The van der Waals surface area contributed by atoms with E-state index in [-0.39, 0.29) is 6.04 Å². The number of para-hydroxylation sites is 1. The minimum atomic E-state index is -2.34. The Kier molecular flexibility index (Phi) is 4.86. The molecule has 1 aliphatic carbocycles. The Hall–Kier alpha value is -2.16. The van der Waals surface area contributed by atoms with Crippen molar-refractivity contribution in [2.24, 2.45) is 5.92 Å². The van der Waals surface area contributed by atoms with Crippen molar-refractivity contribution >= 4 is 17.7 Å². The van der Waals surface area contributed by atoms with E-state index in [9.17, 15) is 19.8 Å². The molecule has 2 N–H and O–H groups in total. The lowest BCUT2D eigenvalue weighted by Crippen LogP contribution is -2.81. The van der Waals surface area contributed by atoms with Gasteiger partial charge in [0.1, 0.15) is 5.54 Å². The van der Waals surface area contributed by atoms with Gasteiger partial charge in [-0.2, -0.15) is 0 Å². The maximum absolute atomic E-state index is 13.4. The van der Waals surface area contributed by atoms with E-state index in [4.69, 9.17) is 9.47 Å². The van der Waals surface area contributed by atoms with Gasteiger partial charge in [-0.15, -0.1) is 0 Å². The number of anilines is 1. The van der Waals surface area contributed by atoms with Crippen LogP contribution in [0.4, 0.5) is 10.5 Å². The van der Waals surface area contributed by atoms with Gasteiger partial charge in [-0.1, -0.05) is 18.2 Å². The van der Waals surface area contributed by atoms with E-state index in [0.717, 1.165) is 37.9 Å². The number of aliphatic hydroxyl groups excluding tert-OH is 1. The van der Waals surface area contributed by atoms with Crippen molar-refractivity contribution in [3.63, 3.8) is 0 Å². The molecule has 8 heteroatoms. The number of hydrogen-bond donors (Lipinski definition) is 2. The van der Waals surface area contributed by atoms with Gasteiger partial charge in [-0.25, -0.2) is 9.59 Å². The largest absolute Gasteiger partial charge is 0.467 e. The average molecular weight is 445 g/mol. The van der Waals surface area contributed by atoms with E-state index in [1.165, 1.54) is 26.0 Å². The van der Waals surface area contributed by atoms with Gasteiger partial charge < -0.3 is 19.7 Å². The number of hydrogen-bond acceptors (Lipinski definition) is 7. The quantitative estimate of drug-likeness (QED) is 0.686. The van der Waals surface area contributed by atoms with E-state index < -0.39 is 34.7 Å². The Morgan fingerprint density at radius 3 is 2.59 bits per heavy atom. The first kappa shape index (κ1) is 21.7. The van der Waals surface area contributed by atoms with E-state index in [1.807, 2.05) is 24.3 Å². The summed E-state index contributed by atoms with van der Waals surface area (Å²) in [5.74, 6) is -0.540. The van der Waals surface area contributed by atoms with Crippen LogP contribution in [0.2, 0.25) is 0 Å². The molecule has 3 heterocycles. The molecule has 0 aromatic heterocycles. The van der Waals surface area contributed by atoms with Crippen molar-refractivity contribution < 1.29 is 29.3 Å². The lowest BCUT2D eigenvalue weighted by atomic mass is 9.48. The second-order valence-corrected chi connectivity index (χ2v) is 9.76. The maximum atomic E-state index is 13.4. The Labute approximate surface area is 188 Å². The summed E-state index contributed by atoms with van der Waals surface area (Å²) in [6, 6.07) is 7.69. The number of nitrogens with zero attached hydrogens (tertiary/aromatic N) is 2. The van der Waals surface area contributed by atoms with Crippen molar-refractivity contribution in [2.45, 2.75) is 67.7 Å². The Bertz CT molecular complexity index is 952. The molecule has 4 aliphatic rings. The highest BCUT2D eigenvalue weighted by Gasteiger charge is 2.81. The van der Waals surface area contributed by atoms with Crippen LogP contribution in [0.3, 0.4) is 0 Å². The molecule has 6 atom stereocenters. The number of rotatable bonds is 3. The molecule has 3 aliphatic heterocycles. The lowest BCUT2D eigenvalue weighted by Gasteiger charge is -2.62. The molecule has 8 nitrogen and oxygen atoms in total. The monoisotopic (exact) mass is 444 g/mol. The predicted octanol–water partition coefficient (Wildman–Crippen LogP) is 1.81. The molecule has 5 rings (SSSR count). The van der Waals surface area contributed by atoms with Crippen LogP contribution in [-0.4, -0.2) is 77.8 Å². The van der Waals surface area contributed by atoms with Crippen molar-refractivity contribution in [3.8, 4) is 0 Å². The second-order valence-electron chi connectivity index (χ2n) is 9.76. The van der Waals surface area contributed by atoms with Gasteiger partial charge in [-0.05, 0) is 69.7 Å². The predicted molar refractivity (Wildman–Crippen MR) is 116 cm³/mol. The van der Waals surface area contributed by atoms with Crippen LogP contribution in [0.1, 0.15) is 44.6 Å². The zero-order chi connectivity index (χ0) is 22.9. The molecule has 2 unspecified atom stereocenters. The summed E-state index contributed by atoms with van der Waals surface area (Å²) in [6.07, 6.45) is 1.84. The number of piperidine rings is 1. The second kappa shape index (κ2) is 7.17. The lowest BCUT2D eigenvalue weighted by molar-refractivity contribution is -0.200. The van der Waals surface area contributed by atoms with Crippen LogP contribution >= 0.6 is 0 Å². The third kappa shape index (κ3) is 2.23. The summed E-state index contributed by atoms with van der Waals surface area (Å²) in [7, 11) is 2.51. The third-order valence-corrected chi connectivity index (χ3v) is 8.87. The first-order valence-corrected chi connectivity index (χ1v) is 11.5. The first-order valence-electron chi connectivity index (χ1n) is 11.5. The SMILES string of the molecule is COC(=O)N1c2ccccc2[C@@]23CCN4CCCC(CCC12[C@@](O)(C(=O)OC)[C@H](C)O)[C@H]43. The van der Waals surface area contributed by atoms with Gasteiger partial charge in [0, 0.05) is 11.5 Å². The maximum Gasteiger partial charge on any atom is 0.414 e. The molecular formula is C24H32N2O6. The van der Waals surface area contributed by atoms with E-state index in [1.54, 1.807) is 0 Å². The highest BCUT2D eigenvalue weighted by molar-refractivity contribution is 5.98. The average Bonchev–Trinajstić information content (AvgIpc) is 3.33. The number of fused-ring (bicyclic) bond motifs is 1. The van der Waals surface area contributed by atoms with Crippen LogP contribution in [0, 0.1) is 5.92 Å². The number of carbonyl (C=O) groups is 2. The Morgan fingerprint density at radius 2 is 1.91 bits per heavy atom. The number of methoxy groups -OCH3 is 2. The molecule has 1 spiro atoms. The zero-order valence-corrected chi connectivity index (χ0v) is 18.9. The van der Waals surface area contributed by atoms with Crippen molar-refractivity contribution in [1.82, 2.24) is 4.90 Å². The van der Waals surface area contributed by atoms with Gasteiger partial charge in [0.2, 0.25) is 5.60 Å². The van der Waals surface area contributed by atoms with E-state index >= 15 is 0 Å². The summed E-state index contributed by atoms with van der Waals surface area (Å²) in [6.45, 7) is 3.16. The van der Waals surface area contributed by atoms with E-state index in [2.05, 4.69) is 4.90 Å². The summed E-state index contributed by atoms with van der Waals surface area (Å²) < 4.78 is 10.3. The van der Waals surface area contributed by atoms with Crippen LogP contribution in [0.5, 0.6) is 0 Å². The molecule has 1 aromatic carbocycles. The number of benzene rings is 1. The number of esters is 1. The number of carbonyl (C=O) groups excluding carboxylic acids is 2. The standard InChI is InChI=1S/C24H32N2O6/c1-15(27)24(30,20(28)31-2)23-11-10-16-7-6-13-25-14-12-22(23,19(16)25)17-8-4-5-9-18(17)26(23)21(29)32-3/h4-5,8-9,15-16,19,27,30H,6-7,10-14H2,1-3H3/t15-,16?,19-,22+,23?,24-/m0/s1. The van der Waals surface area contributed by atoms with Gasteiger partial charge >= 0.3 is 12.1 Å². The highest BCUT2D eigenvalue weighted by Crippen LogP contribution is 2.69. The Balaban J connectivity index is 1.89. The first-order chi connectivity index (χ1) is 15.3. The summed E-state index contributed by atoms with van der Waals surface area (Å²) in [5.41, 5.74) is -2.94. The van der Waals surface area contributed by atoms with Gasteiger partial charge in [0.05, 0.1) is 26.0 Å². The number of amides is 1. The fourth-order valence-electron chi connectivity index (χ4n) is 7.92. The molecule has 0 bridgehead atoms. The summed E-state index contributed by atoms with van der Waals surface area (Å²) in [5, 5.41) is 23.2. The molecule has 32 heavy (non-hydrogen) atoms. The molecule has 3 fully saturated rings. The number of ether oxygens (including phenoxy) is 2. The van der Waals surface area contributed by atoms with Gasteiger partial charge in [0.25, 0.3) is 0 Å². The van der Waals surface area contributed by atoms with Gasteiger partial charge in [-0.3, -0.25) is 9.80 Å². The van der Waals surface area contributed by atoms with Crippen LogP contribution in [0.25, 0.3) is 0 Å². The van der Waals surface area contributed by atoms with Crippen molar-refractivity contribution in [2.75, 3.05) is 32.2 Å². The van der Waals surface area contributed by atoms with Crippen LogP contribution in [-0.2, 0) is 19.7 Å². The highest BCUT2D eigenvalue weighted by atomic mass is 16.6. The zero-order valence-electron chi connectivity index (χ0n) is 18.9. The Morgan fingerprint density at radius 1 is 1.16 bits per heavy atom. The summed E-state index contributed by atoms with van der Waals surface area (Å²) >= 11 is 0. The number of aliphatic hydroxyl groups is 2. The smallest absolute Gasteiger partial charge is 0.414 e. The third-order valence-electron chi connectivity index (χ3n) is 8.87. The minimum absolute atomic E-state index is 0.0516. The van der Waals surface area contributed by atoms with Crippen molar-refractivity contribution in [1.29, 1.82) is 0 Å². The minimum Gasteiger partial charge on any atom is -0.467 e. The topological polar surface area (TPSA) is 99.5 Å². The molecule has 1 saturated carbocycles. The normalized spacial score (nSPS) is 35.8. The molecule has 2 saturated heterocycles. The fourth-order valence-corrected chi connectivity index (χ4v) is 7.92. The molecule has 0 radical (unpaired) electrons. The van der Waals surface area contributed by atoms with Crippen LogP contribution in [0.15, 0.2) is 24.3 Å². The van der Waals surface area contributed by atoms with E-state index in [0.29, 0.717) is 24.4 Å². The molecule has 174 valence electrons. The summed E-state index contributed by atoms with van der Waals surface area (Å²) in [4.78, 5) is 30.7. The fraction of sp³-hybridized carbons (Fsp3) is 0.667. The van der Waals surface area contributed by atoms with Crippen LogP contribution < -0.4 is 4.90 Å². The molecule has 1 aromatic rings. The van der Waals surface area contributed by atoms with Crippen molar-refractivity contribution in [3.05, 3.63) is 29.8 Å². The van der Waals surface area contributed by atoms with Gasteiger partial charge in [0.15, 0.2) is 0 Å². The molecule has 1 amide bonds.